The molecule has 2 aliphatic rings. The number of piperazine rings is 1. The lowest BCUT2D eigenvalue weighted by Gasteiger charge is -2.35. The number of carbonyl (C=O) groups excluding carboxylic acids is 4. The minimum absolute atomic E-state index is 0.0373. The van der Waals surface area contributed by atoms with E-state index in [4.69, 9.17) is 0 Å². The van der Waals surface area contributed by atoms with Gasteiger partial charge in [-0.05, 0) is 48.7 Å². The Kier molecular flexibility index (Phi) is 9.64. The molecule has 0 radical (unpaired) electrons. The van der Waals surface area contributed by atoms with Crippen LogP contribution < -0.4 is 10.6 Å². The molecule has 9 nitrogen and oxygen atoms in total. The molecule has 0 aromatic heterocycles. The number of amides is 4. The molecule has 4 amide bonds. The molecule has 0 spiro atoms. The van der Waals surface area contributed by atoms with Crippen LogP contribution in [0.1, 0.15) is 45.2 Å². The molecule has 0 aliphatic carbocycles. The van der Waals surface area contributed by atoms with E-state index >= 15 is 0 Å². The molecule has 12 heteroatoms. The molecule has 2 fully saturated rings. The number of benzene rings is 2. The largest absolute Gasteiger partial charge is 0.416 e. The lowest BCUT2D eigenvalue weighted by molar-refractivity contribution is -0.137. The number of carbonyl (C=O) groups is 4. The normalized spacial score (nSPS) is 17.8. The van der Waals surface area contributed by atoms with Gasteiger partial charge in [-0.15, -0.1) is 0 Å². The molecular weight excluding hydrogens is 539 g/mol. The number of aryl methyl sites for hydroxylation is 1. The summed E-state index contributed by atoms with van der Waals surface area (Å²) in [5.41, 5.74) is 0.682. The van der Waals surface area contributed by atoms with Gasteiger partial charge in [0.2, 0.25) is 11.8 Å². The van der Waals surface area contributed by atoms with Gasteiger partial charge in [0.05, 0.1) is 18.7 Å². The first-order valence-corrected chi connectivity index (χ1v) is 13.7. The number of hydrogen-bond acceptors (Lipinski definition) is 5. The summed E-state index contributed by atoms with van der Waals surface area (Å²) in [6.45, 7) is 4.79. The highest BCUT2D eigenvalue weighted by molar-refractivity contribution is 5.96. The highest BCUT2D eigenvalue weighted by Gasteiger charge is 2.31. The van der Waals surface area contributed by atoms with E-state index in [9.17, 15) is 32.3 Å². The highest BCUT2D eigenvalue weighted by Crippen LogP contribution is 2.29. The van der Waals surface area contributed by atoms with Crippen molar-refractivity contribution in [1.29, 1.82) is 0 Å². The fraction of sp³-hybridized carbons (Fsp3) is 0.448. The van der Waals surface area contributed by atoms with Gasteiger partial charge in [-0.3, -0.25) is 24.1 Å². The molecule has 2 N–H and O–H groups in total. The second kappa shape index (κ2) is 13.2. The molecule has 220 valence electrons. The number of hydrogen-bond donors (Lipinski definition) is 2. The van der Waals surface area contributed by atoms with Gasteiger partial charge in [-0.25, -0.2) is 0 Å². The Hall–Kier alpha value is -3.93. The average Bonchev–Trinajstić information content (AvgIpc) is 3.41. The van der Waals surface area contributed by atoms with Gasteiger partial charge >= 0.3 is 6.18 Å². The summed E-state index contributed by atoms with van der Waals surface area (Å²) in [5, 5.41) is 5.14. The van der Waals surface area contributed by atoms with Crippen molar-refractivity contribution >= 4 is 23.6 Å². The maximum absolute atomic E-state index is 12.9. The van der Waals surface area contributed by atoms with Gasteiger partial charge in [0.1, 0.15) is 0 Å². The van der Waals surface area contributed by atoms with Crippen LogP contribution in [0.25, 0.3) is 0 Å². The van der Waals surface area contributed by atoms with Gasteiger partial charge in [0.25, 0.3) is 11.8 Å². The maximum atomic E-state index is 12.9. The second-order valence-electron chi connectivity index (χ2n) is 10.3. The predicted octanol–water partition coefficient (Wildman–Crippen LogP) is 2.17. The Labute approximate surface area is 236 Å². The van der Waals surface area contributed by atoms with Crippen LogP contribution in [0.3, 0.4) is 0 Å². The Morgan fingerprint density at radius 1 is 0.902 bits per heavy atom. The molecule has 2 aromatic rings. The first-order valence-electron chi connectivity index (χ1n) is 13.7. The van der Waals surface area contributed by atoms with E-state index in [1.165, 1.54) is 11.6 Å². The van der Waals surface area contributed by atoms with Crippen LogP contribution in [0.15, 0.2) is 48.5 Å². The van der Waals surface area contributed by atoms with Crippen LogP contribution in [-0.2, 0) is 22.2 Å². The number of alkyl halides is 3. The summed E-state index contributed by atoms with van der Waals surface area (Å²) in [4.78, 5) is 55.7. The van der Waals surface area contributed by atoms with E-state index in [1.54, 1.807) is 9.80 Å². The van der Waals surface area contributed by atoms with E-state index in [-0.39, 0.29) is 36.5 Å². The number of nitrogens with one attached hydrogen (secondary N) is 2. The molecule has 1 atom stereocenters. The van der Waals surface area contributed by atoms with Crippen LogP contribution in [0.5, 0.6) is 0 Å². The van der Waals surface area contributed by atoms with Gasteiger partial charge in [-0.2, -0.15) is 13.2 Å². The van der Waals surface area contributed by atoms with E-state index in [1.807, 2.05) is 29.2 Å². The van der Waals surface area contributed by atoms with Crippen molar-refractivity contribution in [3.63, 3.8) is 0 Å². The van der Waals surface area contributed by atoms with Crippen molar-refractivity contribution in [1.82, 2.24) is 25.3 Å². The minimum atomic E-state index is -4.57. The fourth-order valence-electron chi connectivity index (χ4n) is 4.99. The fourth-order valence-corrected chi connectivity index (χ4v) is 4.99. The molecule has 0 bridgehead atoms. The molecule has 0 saturated carbocycles. The zero-order valence-corrected chi connectivity index (χ0v) is 22.9. The Morgan fingerprint density at radius 3 is 2.24 bits per heavy atom. The third-order valence-electron chi connectivity index (χ3n) is 7.39. The van der Waals surface area contributed by atoms with Crippen LogP contribution in [-0.4, -0.2) is 96.7 Å². The number of nitrogens with zero attached hydrogens (tertiary/aromatic N) is 3. The standard InChI is InChI=1S/C29H34F3N5O4/c1-2-20-6-8-21(9-7-20)28(41)37-14-12-36(13-15-37)26(39)19-35-11-10-24(18-35)34-25(38)17-33-27(40)22-4-3-5-23(16-22)29(30,31)32/h3-9,16,24H,2,10-15,17-19H2,1H3,(H,33,40)(H,34,38). The number of likely N-dealkylation sites (tertiary alicyclic amines) is 1. The molecule has 2 saturated heterocycles. The summed E-state index contributed by atoms with van der Waals surface area (Å²) in [6.07, 6.45) is -3.04. The summed E-state index contributed by atoms with van der Waals surface area (Å²) in [6, 6.07) is 11.4. The van der Waals surface area contributed by atoms with Crippen molar-refractivity contribution in [2.45, 2.75) is 32.0 Å². The van der Waals surface area contributed by atoms with Crippen molar-refractivity contribution in [3.8, 4) is 0 Å². The molecule has 2 heterocycles. The van der Waals surface area contributed by atoms with Gasteiger partial charge in [-0.1, -0.05) is 25.1 Å². The maximum Gasteiger partial charge on any atom is 0.416 e. The smallest absolute Gasteiger partial charge is 0.350 e. The second-order valence-corrected chi connectivity index (χ2v) is 10.3. The molecule has 1 unspecified atom stereocenters. The van der Waals surface area contributed by atoms with Crippen LogP contribution in [0, 0.1) is 0 Å². The first-order chi connectivity index (χ1) is 19.5. The van der Waals surface area contributed by atoms with E-state index in [0.717, 1.165) is 24.6 Å². The Bertz CT molecular complexity index is 1260. The van der Waals surface area contributed by atoms with E-state index in [0.29, 0.717) is 51.3 Å². The first kappa shape index (κ1) is 30.0. The van der Waals surface area contributed by atoms with Crippen LogP contribution in [0.2, 0.25) is 0 Å². The van der Waals surface area contributed by atoms with Crippen molar-refractivity contribution in [2.24, 2.45) is 0 Å². The quantitative estimate of drug-likeness (QED) is 0.504. The van der Waals surface area contributed by atoms with Gasteiger partial charge in [0.15, 0.2) is 0 Å². The summed E-state index contributed by atoms with van der Waals surface area (Å²) < 4.78 is 38.6. The van der Waals surface area contributed by atoms with Crippen LogP contribution in [0.4, 0.5) is 13.2 Å². The monoisotopic (exact) mass is 573 g/mol. The number of rotatable bonds is 8. The Balaban J connectivity index is 1.16. The number of halogens is 3. The van der Waals surface area contributed by atoms with Gasteiger partial charge < -0.3 is 20.4 Å². The molecular formula is C29H34F3N5O4. The summed E-state index contributed by atoms with van der Waals surface area (Å²) in [7, 11) is 0. The average molecular weight is 574 g/mol. The molecule has 4 rings (SSSR count). The highest BCUT2D eigenvalue weighted by atomic mass is 19.4. The zero-order chi connectivity index (χ0) is 29.6. The van der Waals surface area contributed by atoms with Crippen molar-refractivity contribution < 1.29 is 32.3 Å². The van der Waals surface area contributed by atoms with Crippen molar-refractivity contribution in [3.05, 3.63) is 70.8 Å². The molecule has 2 aromatic carbocycles. The third kappa shape index (κ3) is 8.06. The minimum Gasteiger partial charge on any atom is -0.350 e. The molecule has 2 aliphatic heterocycles. The predicted molar refractivity (Wildman–Crippen MR) is 145 cm³/mol. The molecule has 41 heavy (non-hydrogen) atoms. The summed E-state index contributed by atoms with van der Waals surface area (Å²) >= 11 is 0. The topological polar surface area (TPSA) is 102 Å². The summed E-state index contributed by atoms with van der Waals surface area (Å²) in [5.74, 6) is -1.32. The van der Waals surface area contributed by atoms with E-state index in [2.05, 4.69) is 17.6 Å². The van der Waals surface area contributed by atoms with E-state index < -0.39 is 23.6 Å². The van der Waals surface area contributed by atoms with Gasteiger partial charge in [0, 0.05) is 56.4 Å². The lowest BCUT2D eigenvalue weighted by Crippen LogP contribution is -2.52. The third-order valence-corrected chi connectivity index (χ3v) is 7.39. The SMILES string of the molecule is CCc1ccc(C(=O)N2CCN(C(=O)CN3CCC(NC(=O)CNC(=O)c4cccc(C(F)(F)F)c4)C3)CC2)cc1. The van der Waals surface area contributed by atoms with Crippen molar-refractivity contribution in [2.75, 3.05) is 52.4 Å². The lowest BCUT2D eigenvalue weighted by atomic mass is 10.1. The zero-order valence-electron chi connectivity index (χ0n) is 22.9. The Morgan fingerprint density at radius 2 is 1.59 bits per heavy atom. The van der Waals surface area contributed by atoms with Crippen LogP contribution >= 0.6 is 0 Å².